The third kappa shape index (κ3) is 6.31. The number of ketones is 1. The minimum absolute atomic E-state index is 0.214. The normalized spacial score (nSPS) is 27.0. The topological polar surface area (TPSA) is 53.1 Å². The van der Waals surface area contributed by atoms with Crippen LogP contribution in [0, 0.1) is 11.8 Å². The van der Waals surface area contributed by atoms with Crippen LogP contribution in [0.15, 0.2) is 11.8 Å². The Morgan fingerprint density at radius 2 is 2.04 bits per heavy atom. The Labute approximate surface area is 170 Å². The van der Waals surface area contributed by atoms with Gasteiger partial charge in [-0.25, -0.2) is 0 Å². The molecule has 0 N–H and O–H groups in total. The Hall–Kier alpha value is -1.40. The maximum Gasteiger partial charge on any atom is 0.222 e. The largest absolute Gasteiger partial charge is 0.385 e. The molecule has 0 aromatic rings. The highest BCUT2D eigenvalue weighted by atomic mass is 16.5. The number of carbonyl (C=O) groups is 2. The van der Waals surface area contributed by atoms with Gasteiger partial charge in [-0.1, -0.05) is 6.92 Å². The fourth-order valence-electron chi connectivity index (χ4n) is 4.75. The molecule has 2 fully saturated rings. The van der Waals surface area contributed by atoms with Crippen molar-refractivity contribution >= 4 is 11.7 Å². The fourth-order valence-corrected chi connectivity index (χ4v) is 4.75. The molecule has 1 saturated carbocycles. The highest BCUT2D eigenvalue weighted by Gasteiger charge is 2.41. The van der Waals surface area contributed by atoms with Crippen LogP contribution < -0.4 is 0 Å². The van der Waals surface area contributed by atoms with E-state index in [0.29, 0.717) is 37.3 Å². The van der Waals surface area contributed by atoms with Gasteiger partial charge < -0.3 is 14.5 Å². The average molecular weight is 394 g/mol. The van der Waals surface area contributed by atoms with Crippen LogP contribution in [0.2, 0.25) is 0 Å². The molecule has 2 rings (SSSR count). The van der Waals surface area contributed by atoms with Gasteiger partial charge in [0.2, 0.25) is 5.91 Å². The first-order valence-electron chi connectivity index (χ1n) is 10.7. The summed E-state index contributed by atoms with van der Waals surface area (Å²) >= 11 is 0. The second kappa shape index (κ2) is 11.0. The quantitative estimate of drug-likeness (QED) is 0.445. The second-order valence-corrected chi connectivity index (χ2v) is 8.74. The lowest BCUT2D eigenvalue weighted by atomic mass is 9.72. The first kappa shape index (κ1) is 22.9. The molecule has 6 nitrogen and oxygen atoms in total. The molecule has 1 saturated heterocycles. The first-order chi connectivity index (χ1) is 13.3. The van der Waals surface area contributed by atoms with E-state index in [1.807, 2.05) is 37.1 Å². The smallest absolute Gasteiger partial charge is 0.222 e. The molecule has 28 heavy (non-hydrogen) atoms. The predicted molar refractivity (Wildman–Crippen MR) is 112 cm³/mol. The van der Waals surface area contributed by atoms with E-state index >= 15 is 0 Å². The zero-order valence-corrected chi connectivity index (χ0v) is 18.4. The van der Waals surface area contributed by atoms with Crippen LogP contribution in [-0.4, -0.2) is 86.9 Å². The first-order valence-corrected chi connectivity index (χ1v) is 10.7. The number of nitrogens with zero attached hydrogens (tertiary/aromatic N) is 3. The minimum atomic E-state index is 0.214. The van der Waals surface area contributed by atoms with E-state index in [1.165, 1.54) is 0 Å². The molecule has 0 unspecified atom stereocenters. The Balaban J connectivity index is 2.01. The zero-order chi connectivity index (χ0) is 20.7. The molecule has 3 atom stereocenters. The molecule has 6 heteroatoms. The van der Waals surface area contributed by atoms with E-state index in [4.69, 9.17) is 4.74 Å². The van der Waals surface area contributed by atoms with Crippen LogP contribution in [0.4, 0.5) is 0 Å². The lowest BCUT2D eigenvalue weighted by molar-refractivity contribution is -0.132. The summed E-state index contributed by atoms with van der Waals surface area (Å²) in [6.45, 7) is 5.63. The van der Waals surface area contributed by atoms with Gasteiger partial charge in [0.15, 0.2) is 5.78 Å². The summed E-state index contributed by atoms with van der Waals surface area (Å²) in [7, 11) is 7.52. The average Bonchev–Trinajstić information content (AvgIpc) is 2.62. The number of hydrogen-bond donors (Lipinski definition) is 0. The van der Waals surface area contributed by atoms with Crippen molar-refractivity contribution in [3.05, 3.63) is 11.8 Å². The number of ether oxygens (including phenoxy) is 1. The number of carbonyl (C=O) groups excluding carboxylic acids is 2. The van der Waals surface area contributed by atoms with E-state index in [-0.39, 0.29) is 11.7 Å². The van der Waals surface area contributed by atoms with Crippen molar-refractivity contribution < 1.29 is 14.3 Å². The summed E-state index contributed by atoms with van der Waals surface area (Å²) in [6.07, 6.45) is 7.00. The number of Topliss-reactive ketones (excluding diaryl/α,β-unsaturated/α-hetero) is 1. The van der Waals surface area contributed by atoms with Crippen molar-refractivity contribution in [2.45, 2.75) is 51.5 Å². The number of amides is 1. The lowest BCUT2D eigenvalue weighted by Crippen LogP contribution is -2.52. The van der Waals surface area contributed by atoms with E-state index in [0.717, 1.165) is 50.9 Å². The van der Waals surface area contributed by atoms with Crippen LogP contribution in [0.5, 0.6) is 0 Å². The molecule has 160 valence electrons. The van der Waals surface area contributed by atoms with Gasteiger partial charge in [-0.05, 0) is 44.1 Å². The Morgan fingerprint density at radius 3 is 2.68 bits per heavy atom. The van der Waals surface area contributed by atoms with Gasteiger partial charge in [-0.2, -0.15) is 0 Å². The number of fused-ring (bicyclic) bond motifs is 1. The number of methoxy groups -OCH3 is 1. The van der Waals surface area contributed by atoms with Gasteiger partial charge in [-0.15, -0.1) is 0 Å². The van der Waals surface area contributed by atoms with Crippen LogP contribution in [0.3, 0.4) is 0 Å². The summed E-state index contributed by atoms with van der Waals surface area (Å²) in [5, 5.41) is 0. The monoisotopic (exact) mass is 393 g/mol. The number of piperidine rings is 1. The third-order valence-corrected chi connectivity index (χ3v) is 6.03. The molecular formula is C22H39N3O3. The van der Waals surface area contributed by atoms with Gasteiger partial charge in [0.1, 0.15) is 0 Å². The molecule has 0 aromatic heterocycles. The van der Waals surface area contributed by atoms with Crippen molar-refractivity contribution in [1.29, 1.82) is 0 Å². The number of hydrogen-bond acceptors (Lipinski definition) is 5. The fraction of sp³-hybridized carbons (Fsp3) is 0.818. The summed E-state index contributed by atoms with van der Waals surface area (Å²) in [4.78, 5) is 31.6. The minimum Gasteiger partial charge on any atom is -0.385 e. The van der Waals surface area contributed by atoms with Crippen LogP contribution in [0.25, 0.3) is 0 Å². The molecule has 1 aliphatic carbocycles. The van der Waals surface area contributed by atoms with Crippen molar-refractivity contribution in [2.24, 2.45) is 11.8 Å². The van der Waals surface area contributed by atoms with E-state index < -0.39 is 0 Å². The van der Waals surface area contributed by atoms with Crippen LogP contribution >= 0.6 is 0 Å². The van der Waals surface area contributed by atoms with Gasteiger partial charge in [0.25, 0.3) is 0 Å². The van der Waals surface area contributed by atoms with Gasteiger partial charge in [-0.3, -0.25) is 14.5 Å². The molecule has 2 aliphatic rings. The van der Waals surface area contributed by atoms with Gasteiger partial charge >= 0.3 is 0 Å². The van der Waals surface area contributed by atoms with E-state index in [1.54, 1.807) is 7.11 Å². The standard InChI is InChI=1S/C22H39N3O3/c1-6-8-25-15-17(12-22(27)24(4)9-7-10-28-5)11-18-14-21(26)19(13-20(18)25)16-23(2)3/h16-18,20H,6-15H2,1-5H3/t17-,18-,20-/m1/s1. The number of likely N-dealkylation sites (tertiary alicyclic amines) is 1. The summed E-state index contributed by atoms with van der Waals surface area (Å²) in [6, 6.07) is 0.439. The summed E-state index contributed by atoms with van der Waals surface area (Å²) in [5.74, 6) is 1.22. The Morgan fingerprint density at radius 1 is 1.29 bits per heavy atom. The van der Waals surface area contributed by atoms with Crippen LogP contribution in [0.1, 0.15) is 45.4 Å². The lowest BCUT2D eigenvalue weighted by Gasteiger charge is -2.47. The third-order valence-electron chi connectivity index (χ3n) is 6.03. The molecule has 1 aliphatic heterocycles. The molecule has 1 heterocycles. The molecule has 0 radical (unpaired) electrons. The van der Waals surface area contributed by atoms with Crippen LogP contribution in [-0.2, 0) is 14.3 Å². The maximum atomic E-state index is 12.7. The van der Waals surface area contributed by atoms with Gasteiger partial charge in [0, 0.05) is 78.6 Å². The molecule has 0 bridgehead atoms. The summed E-state index contributed by atoms with van der Waals surface area (Å²) in [5.41, 5.74) is 0.958. The SMILES string of the molecule is CCCN1C[C@@H](CC(=O)N(C)CCCOC)C[C@@H]2CC(=O)C(=CN(C)C)C[C@H]21. The Kier molecular flexibility index (Phi) is 8.96. The maximum absolute atomic E-state index is 12.7. The predicted octanol–water partition coefficient (Wildman–Crippen LogP) is 2.40. The molecule has 0 aromatic carbocycles. The highest BCUT2D eigenvalue weighted by Crippen LogP contribution is 2.39. The molecular weight excluding hydrogens is 354 g/mol. The van der Waals surface area contributed by atoms with Crippen molar-refractivity contribution in [3.8, 4) is 0 Å². The summed E-state index contributed by atoms with van der Waals surface area (Å²) < 4.78 is 5.08. The van der Waals surface area contributed by atoms with E-state index in [2.05, 4.69) is 11.8 Å². The second-order valence-electron chi connectivity index (χ2n) is 8.74. The van der Waals surface area contributed by atoms with Crippen molar-refractivity contribution in [1.82, 2.24) is 14.7 Å². The van der Waals surface area contributed by atoms with Crippen molar-refractivity contribution in [2.75, 3.05) is 54.5 Å². The highest BCUT2D eigenvalue weighted by molar-refractivity contribution is 5.96. The van der Waals surface area contributed by atoms with Crippen molar-refractivity contribution in [3.63, 3.8) is 0 Å². The molecule has 1 amide bonds. The number of rotatable bonds is 9. The Bertz CT molecular complexity index is 561. The van der Waals surface area contributed by atoms with Gasteiger partial charge in [0.05, 0.1) is 0 Å². The van der Waals surface area contributed by atoms with E-state index in [9.17, 15) is 9.59 Å². The molecule has 0 spiro atoms. The zero-order valence-electron chi connectivity index (χ0n) is 18.4.